The van der Waals surface area contributed by atoms with E-state index in [1.165, 1.54) is 5.39 Å². The zero-order valence-corrected chi connectivity index (χ0v) is 8.94. The van der Waals surface area contributed by atoms with E-state index in [0.717, 1.165) is 16.8 Å². The molecule has 0 unspecified atom stereocenters. The van der Waals surface area contributed by atoms with Gasteiger partial charge in [-0.05, 0) is 6.07 Å². The fourth-order valence-corrected chi connectivity index (χ4v) is 2.07. The predicted molar refractivity (Wildman–Crippen MR) is 64.9 cm³/mol. The zero-order chi connectivity index (χ0) is 11.1. The van der Waals surface area contributed by atoms with E-state index in [2.05, 4.69) is 16.1 Å². The Labute approximate surface area is 92.7 Å². The number of nitrogen functional groups attached to an aromatic ring is 1. The van der Waals surface area contributed by atoms with Gasteiger partial charge in [-0.15, -0.1) is 0 Å². The number of benzene rings is 1. The lowest BCUT2D eigenvalue weighted by molar-refractivity contribution is 0.776. The number of H-pyrrole nitrogens is 1. The topological polar surface area (TPSA) is 59.6 Å². The highest BCUT2D eigenvalue weighted by Crippen LogP contribution is 2.30. The van der Waals surface area contributed by atoms with Crippen molar-refractivity contribution < 1.29 is 0 Å². The maximum atomic E-state index is 5.94. The highest BCUT2D eigenvalue weighted by Gasteiger charge is 2.11. The summed E-state index contributed by atoms with van der Waals surface area (Å²) in [6.45, 7) is 0. The molecule has 2 aromatic heterocycles. The van der Waals surface area contributed by atoms with Crippen molar-refractivity contribution in [2.45, 2.75) is 0 Å². The Morgan fingerprint density at radius 3 is 2.94 bits per heavy atom. The van der Waals surface area contributed by atoms with Gasteiger partial charge in [0.1, 0.15) is 0 Å². The average Bonchev–Trinajstić information content (AvgIpc) is 2.86. The minimum Gasteiger partial charge on any atom is -0.396 e. The average molecular weight is 212 g/mol. The predicted octanol–water partition coefficient (Wildman–Crippen LogP) is 2.15. The van der Waals surface area contributed by atoms with E-state index in [9.17, 15) is 0 Å². The summed E-state index contributed by atoms with van der Waals surface area (Å²) in [4.78, 5) is 3.23. The number of anilines is 1. The van der Waals surface area contributed by atoms with Crippen molar-refractivity contribution in [1.82, 2.24) is 14.8 Å². The van der Waals surface area contributed by atoms with E-state index in [-0.39, 0.29) is 0 Å². The largest absolute Gasteiger partial charge is 0.396 e. The Balaban J connectivity index is 2.38. The van der Waals surface area contributed by atoms with Crippen molar-refractivity contribution in [2.75, 3.05) is 5.73 Å². The summed E-state index contributed by atoms with van der Waals surface area (Å²) in [5.74, 6) is 0. The Kier molecular flexibility index (Phi) is 1.77. The number of nitrogens with two attached hydrogens (primary N) is 1. The number of nitrogens with zero attached hydrogens (tertiary/aromatic N) is 2. The highest BCUT2D eigenvalue weighted by molar-refractivity contribution is 5.95. The van der Waals surface area contributed by atoms with E-state index in [0.29, 0.717) is 5.69 Å². The number of aromatic nitrogens is 3. The summed E-state index contributed by atoms with van der Waals surface area (Å²) in [6, 6.07) is 8.19. The van der Waals surface area contributed by atoms with Gasteiger partial charge in [0.05, 0.1) is 23.1 Å². The van der Waals surface area contributed by atoms with Crippen LogP contribution in [0.2, 0.25) is 0 Å². The molecule has 0 bridgehead atoms. The van der Waals surface area contributed by atoms with Crippen LogP contribution in [0.3, 0.4) is 0 Å². The van der Waals surface area contributed by atoms with E-state index in [1.807, 2.05) is 31.4 Å². The Bertz CT molecular complexity index is 628. The standard InChI is InChI=1S/C12H12N4/c1-16-12(10(13)7-15-16)9-4-2-3-8-5-6-14-11(8)9/h2-7,14H,13H2,1H3. The van der Waals surface area contributed by atoms with E-state index in [1.54, 1.807) is 10.9 Å². The van der Waals surface area contributed by atoms with Crippen LogP contribution in [0.4, 0.5) is 5.69 Å². The van der Waals surface area contributed by atoms with Crippen molar-refractivity contribution in [2.24, 2.45) is 7.05 Å². The minimum atomic E-state index is 0.699. The van der Waals surface area contributed by atoms with Gasteiger partial charge in [0.2, 0.25) is 0 Å². The van der Waals surface area contributed by atoms with Gasteiger partial charge < -0.3 is 10.7 Å². The molecule has 4 nitrogen and oxygen atoms in total. The molecule has 16 heavy (non-hydrogen) atoms. The van der Waals surface area contributed by atoms with Crippen LogP contribution in [0.1, 0.15) is 0 Å². The maximum Gasteiger partial charge on any atom is 0.0929 e. The lowest BCUT2D eigenvalue weighted by Crippen LogP contribution is -1.96. The molecular formula is C12H12N4. The lowest BCUT2D eigenvalue weighted by Gasteiger charge is -2.05. The minimum absolute atomic E-state index is 0.699. The second kappa shape index (κ2) is 3.13. The highest BCUT2D eigenvalue weighted by atomic mass is 15.3. The monoisotopic (exact) mass is 212 g/mol. The number of nitrogens with one attached hydrogen (secondary N) is 1. The number of rotatable bonds is 1. The molecule has 0 aliphatic carbocycles. The number of fused-ring (bicyclic) bond motifs is 1. The lowest BCUT2D eigenvalue weighted by atomic mass is 10.1. The van der Waals surface area contributed by atoms with Gasteiger partial charge >= 0.3 is 0 Å². The molecule has 3 rings (SSSR count). The van der Waals surface area contributed by atoms with Crippen LogP contribution < -0.4 is 5.73 Å². The molecule has 0 saturated carbocycles. The Morgan fingerprint density at radius 2 is 2.19 bits per heavy atom. The van der Waals surface area contributed by atoms with Gasteiger partial charge in [-0.1, -0.05) is 18.2 Å². The van der Waals surface area contributed by atoms with Crippen LogP contribution >= 0.6 is 0 Å². The van der Waals surface area contributed by atoms with Gasteiger partial charge in [0.15, 0.2) is 0 Å². The third-order valence-electron chi connectivity index (χ3n) is 2.81. The fourth-order valence-electron chi connectivity index (χ4n) is 2.07. The van der Waals surface area contributed by atoms with Gasteiger partial charge in [0, 0.05) is 24.2 Å². The molecule has 1 aromatic carbocycles. The van der Waals surface area contributed by atoms with Gasteiger partial charge in [-0.2, -0.15) is 5.10 Å². The Hall–Kier alpha value is -2.23. The van der Waals surface area contributed by atoms with Gasteiger partial charge in [-0.25, -0.2) is 0 Å². The van der Waals surface area contributed by atoms with Crippen molar-refractivity contribution in [3.8, 4) is 11.3 Å². The summed E-state index contributed by atoms with van der Waals surface area (Å²) in [5, 5.41) is 5.34. The first-order valence-corrected chi connectivity index (χ1v) is 5.11. The molecule has 0 saturated heterocycles. The number of hydrogen-bond donors (Lipinski definition) is 2. The summed E-state index contributed by atoms with van der Waals surface area (Å²) in [6.07, 6.45) is 3.61. The van der Waals surface area contributed by atoms with Crippen LogP contribution in [0.15, 0.2) is 36.7 Å². The smallest absolute Gasteiger partial charge is 0.0929 e. The molecule has 0 aliphatic heterocycles. The van der Waals surface area contributed by atoms with Crippen LogP contribution in [-0.4, -0.2) is 14.8 Å². The second-order valence-electron chi connectivity index (χ2n) is 3.82. The fraction of sp³-hybridized carbons (Fsp3) is 0.0833. The third-order valence-corrected chi connectivity index (χ3v) is 2.81. The SMILES string of the molecule is Cn1ncc(N)c1-c1cccc2cc[nH]c12. The molecule has 2 heterocycles. The molecule has 4 heteroatoms. The van der Waals surface area contributed by atoms with E-state index in [4.69, 9.17) is 5.73 Å². The zero-order valence-electron chi connectivity index (χ0n) is 8.94. The van der Waals surface area contributed by atoms with Crippen molar-refractivity contribution in [1.29, 1.82) is 0 Å². The van der Waals surface area contributed by atoms with Gasteiger partial charge in [-0.3, -0.25) is 4.68 Å². The quantitative estimate of drug-likeness (QED) is 0.649. The van der Waals surface area contributed by atoms with E-state index >= 15 is 0 Å². The first-order valence-electron chi connectivity index (χ1n) is 5.11. The van der Waals surface area contributed by atoms with Gasteiger partial charge in [0.25, 0.3) is 0 Å². The molecule has 0 atom stereocenters. The van der Waals surface area contributed by atoms with Crippen molar-refractivity contribution in [3.63, 3.8) is 0 Å². The summed E-state index contributed by atoms with van der Waals surface area (Å²) >= 11 is 0. The molecule has 3 aromatic rings. The molecule has 0 spiro atoms. The van der Waals surface area contributed by atoms with Crippen molar-refractivity contribution >= 4 is 16.6 Å². The first-order chi connectivity index (χ1) is 7.77. The normalized spacial score (nSPS) is 11.1. The third kappa shape index (κ3) is 1.13. The molecule has 0 fully saturated rings. The summed E-state index contributed by atoms with van der Waals surface area (Å²) in [7, 11) is 1.90. The van der Waals surface area contributed by atoms with Crippen molar-refractivity contribution in [3.05, 3.63) is 36.7 Å². The Morgan fingerprint density at radius 1 is 1.31 bits per heavy atom. The molecule has 3 N–H and O–H groups in total. The number of hydrogen-bond acceptors (Lipinski definition) is 2. The maximum absolute atomic E-state index is 5.94. The van der Waals surface area contributed by atoms with Crippen LogP contribution in [0, 0.1) is 0 Å². The van der Waals surface area contributed by atoms with Crippen LogP contribution in [-0.2, 0) is 7.05 Å². The number of aryl methyl sites for hydroxylation is 1. The summed E-state index contributed by atoms with van der Waals surface area (Å²) < 4.78 is 1.80. The summed E-state index contributed by atoms with van der Waals surface area (Å²) in [5.41, 5.74) is 9.77. The molecule has 80 valence electrons. The van der Waals surface area contributed by atoms with Crippen LogP contribution in [0.25, 0.3) is 22.2 Å². The molecule has 0 radical (unpaired) electrons. The number of aromatic amines is 1. The first kappa shape index (κ1) is 9.03. The second-order valence-corrected chi connectivity index (χ2v) is 3.82. The molecule has 0 aliphatic rings. The number of para-hydroxylation sites is 1. The van der Waals surface area contributed by atoms with Crippen LogP contribution in [0.5, 0.6) is 0 Å². The van der Waals surface area contributed by atoms with E-state index < -0.39 is 0 Å². The molecule has 0 amide bonds. The molecular weight excluding hydrogens is 200 g/mol.